The first-order valence-electron chi connectivity index (χ1n) is 8.37. The Hall–Kier alpha value is -2.68. The van der Waals surface area contributed by atoms with E-state index in [0.717, 1.165) is 11.3 Å². The molecule has 0 saturated carbocycles. The Bertz CT molecular complexity index is 872. The fourth-order valence-electron chi connectivity index (χ4n) is 3.79. The minimum absolute atomic E-state index is 0.0640. The molecule has 138 valence electrons. The minimum atomic E-state index is -0.781. The van der Waals surface area contributed by atoms with Crippen molar-refractivity contribution in [2.45, 2.75) is 6.92 Å². The molecule has 4 heterocycles. The number of esters is 1. The van der Waals surface area contributed by atoms with Crippen LogP contribution in [0.4, 0.5) is 0 Å². The number of ether oxygens (including phenoxy) is 2. The van der Waals surface area contributed by atoms with Crippen LogP contribution in [0.1, 0.15) is 16.2 Å². The summed E-state index contributed by atoms with van der Waals surface area (Å²) in [7, 11) is 3.19. The Kier molecular flexibility index (Phi) is 3.83. The number of methoxy groups -OCH3 is 1. The molecule has 9 heteroatoms. The molecule has 0 spiro atoms. The van der Waals surface area contributed by atoms with Crippen LogP contribution in [0.25, 0.3) is 11.3 Å². The lowest BCUT2D eigenvalue weighted by molar-refractivity contribution is -0.153. The van der Waals surface area contributed by atoms with Crippen LogP contribution >= 0.6 is 0 Å². The molecule has 2 aliphatic heterocycles. The summed E-state index contributed by atoms with van der Waals surface area (Å²) < 4.78 is 17.5. The van der Waals surface area contributed by atoms with E-state index in [0.29, 0.717) is 18.9 Å². The van der Waals surface area contributed by atoms with E-state index < -0.39 is 5.41 Å². The number of fused-ring (bicyclic) bond motifs is 1. The predicted octanol–water partition coefficient (Wildman–Crippen LogP) is 0.645. The quantitative estimate of drug-likeness (QED) is 0.741. The van der Waals surface area contributed by atoms with Crippen molar-refractivity contribution in [1.82, 2.24) is 19.8 Å². The molecule has 0 N–H and O–H groups in total. The van der Waals surface area contributed by atoms with Gasteiger partial charge >= 0.3 is 5.97 Å². The molecule has 2 aliphatic rings. The first-order valence-corrected chi connectivity index (χ1v) is 8.37. The van der Waals surface area contributed by atoms with Crippen LogP contribution in [0.3, 0.4) is 0 Å². The molecule has 0 aliphatic carbocycles. The highest BCUT2D eigenvalue weighted by Gasteiger charge is 2.58. The van der Waals surface area contributed by atoms with E-state index in [-0.39, 0.29) is 36.6 Å². The van der Waals surface area contributed by atoms with Crippen LogP contribution < -0.4 is 0 Å². The second-order valence-corrected chi connectivity index (χ2v) is 6.89. The summed E-state index contributed by atoms with van der Waals surface area (Å²) in [6, 6.07) is 1.61. The highest BCUT2D eigenvalue weighted by atomic mass is 16.5. The molecular weight excluding hydrogens is 340 g/mol. The number of carbonyl (C=O) groups excluding carboxylic acids is 2. The van der Waals surface area contributed by atoms with E-state index >= 15 is 0 Å². The van der Waals surface area contributed by atoms with E-state index in [4.69, 9.17) is 14.0 Å². The normalized spacial score (nSPS) is 24.7. The molecule has 2 fully saturated rings. The number of amides is 1. The van der Waals surface area contributed by atoms with E-state index in [1.807, 2.05) is 14.0 Å². The average Bonchev–Trinajstić information content (AvgIpc) is 3.38. The van der Waals surface area contributed by atoms with Gasteiger partial charge in [0.2, 0.25) is 0 Å². The molecule has 2 aromatic rings. The maximum Gasteiger partial charge on any atom is 0.316 e. The van der Waals surface area contributed by atoms with Gasteiger partial charge in [0, 0.05) is 37.8 Å². The van der Waals surface area contributed by atoms with Crippen molar-refractivity contribution in [2.75, 3.05) is 33.4 Å². The third kappa shape index (κ3) is 2.34. The van der Waals surface area contributed by atoms with Crippen molar-refractivity contribution in [3.05, 3.63) is 23.7 Å². The Morgan fingerprint density at radius 2 is 2.23 bits per heavy atom. The van der Waals surface area contributed by atoms with Crippen LogP contribution in [0.5, 0.6) is 0 Å². The van der Waals surface area contributed by atoms with Crippen molar-refractivity contribution in [2.24, 2.45) is 18.4 Å². The van der Waals surface area contributed by atoms with E-state index in [1.165, 1.54) is 7.11 Å². The number of carbonyl (C=O) groups is 2. The Morgan fingerprint density at radius 1 is 1.42 bits per heavy atom. The zero-order chi connectivity index (χ0) is 18.5. The van der Waals surface area contributed by atoms with Crippen molar-refractivity contribution >= 4 is 11.9 Å². The van der Waals surface area contributed by atoms with Gasteiger partial charge in [0.15, 0.2) is 11.5 Å². The molecule has 26 heavy (non-hydrogen) atoms. The van der Waals surface area contributed by atoms with Crippen molar-refractivity contribution in [1.29, 1.82) is 0 Å². The zero-order valence-corrected chi connectivity index (χ0v) is 14.9. The summed E-state index contributed by atoms with van der Waals surface area (Å²) in [5.41, 5.74) is 1.13. The monoisotopic (exact) mass is 360 g/mol. The first-order chi connectivity index (χ1) is 12.5. The molecular formula is C17H20N4O5. The largest absolute Gasteiger partial charge is 0.468 e. The Labute approximate surface area is 149 Å². The maximum absolute atomic E-state index is 12.9. The molecule has 4 rings (SSSR count). The van der Waals surface area contributed by atoms with E-state index in [9.17, 15) is 9.59 Å². The second kappa shape index (κ2) is 5.94. The van der Waals surface area contributed by atoms with Crippen molar-refractivity contribution in [3.63, 3.8) is 0 Å². The molecule has 0 radical (unpaired) electrons. The molecule has 2 atom stereocenters. The summed E-state index contributed by atoms with van der Waals surface area (Å²) in [4.78, 5) is 26.7. The summed E-state index contributed by atoms with van der Waals surface area (Å²) >= 11 is 0. The third-order valence-electron chi connectivity index (χ3n) is 5.48. The van der Waals surface area contributed by atoms with Gasteiger partial charge in [-0.05, 0) is 6.92 Å². The SMILES string of the molecule is COC(=O)[C@@]12COC[C@@H]1CN(C(=O)c1cc(-c3cnn(C)c3C)on1)C2. The van der Waals surface area contributed by atoms with E-state index in [1.54, 1.807) is 21.8 Å². The number of likely N-dealkylation sites (tertiary alicyclic amines) is 1. The zero-order valence-electron chi connectivity index (χ0n) is 14.9. The lowest BCUT2D eigenvalue weighted by Crippen LogP contribution is -2.41. The number of nitrogens with zero attached hydrogens (tertiary/aromatic N) is 4. The summed E-state index contributed by atoms with van der Waals surface area (Å²) in [5.74, 6) is -0.170. The fourth-order valence-corrected chi connectivity index (χ4v) is 3.79. The van der Waals surface area contributed by atoms with Crippen LogP contribution in [0.15, 0.2) is 16.8 Å². The smallest absolute Gasteiger partial charge is 0.316 e. The number of aryl methyl sites for hydroxylation is 1. The Balaban J connectivity index is 1.56. The molecule has 0 bridgehead atoms. The highest BCUT2D eigenvalue weighted by molar-refractivity contribution is 5.94. The van der Waals surface area contributed by atoms with Crippen LogP contribution in [0.2, 0.25) is 0 Å². The standard InChI is InChI=1S/C17H20N4O5/c1-10-12(5-18-20(10)2)14-4-13(19-26-14)15(22)21-6-11-7-25-9-17(11,8-21)16(23)24-3/h4-5,11H,6-9H2,1-3H3/t11-,17-/m0/s1. The molecule has 0 aromatic carbocycles. The number of aromatic nitrogens is 3. The van der Waals surface area contributed by atoms with Gasteiger partial charge < -0.3 is 18.9 Å². The van der Waals surface area contributed by atoms with Gasteiger partial charge in [-0.2, -0.15) is 5.10 Å². The maximum atomic E-state index is 12.9. The van der Waals surface area contributed by atoms with Gasteiger partial charge in [-0.15, -0.1) is 0 Å². The minimum Gasteiger partial charge on any atom is -0.468 e. The summed E-state index contributed by atoms with van der Waals surface area (Å²) in [6.45, 7) is 3.32. The molecule has 2 saturated heterocycles. The van der Waals surface area contributed by atoms with Crippen LogP contribution in [-0.2, 0) is 21.3 Å². The van der Waals surface area contributed by atoms with Gasteiger partial charge in [0.25, 0.3) is 5.91 Å². The van der Waals surface area contributed by atoms with Gasteiger partial charge in [0.1, 0.15) is 5.41 Å². The summed E-state index contributed by atoms with van der Waals surface area (Å²) in [5, 5.41) is 8.09. The van der Waals surface area contributed by atoms with Gasteiger partial charge in [-0.3, -0.25) is 14.3 Å². The van der Waals surface area contributed by atoms with Gasteiger partial charge in [0.05, 0.1) is 32.1 Å². The van der Waals surface area contributed by atoms with E-state index in [2.05, 4.69) is 10.3 Å². The van der Waals surface area contributed by atoms with Gasteiger partial charge in [-0.1, -0.05) is 5.16 Å². The molecule has 9 nitrogen and oxygen atoms in total. The molecule has 1 amide bonds. The van der Waals surface area contributed by atoms with Gasteiger partial charge in [-0.25, -0.2) is 0 Å². The Morgan fingerprint density at radius 3 is 2.92 bits per heavy atom. The lowest BCUT2D eigenvalue weighted by Gasteiger charge is -2.23. The lowest BCUT2D eigenvalue weighted by atomic mass is 9.81. The third-order valence-corrected chi connectivity index (χ3v) is 5.48. The van der Waals surface area contributed by atoms with Crippen molar-refractivity contribution < 1.29 is 23.6 Å². The second-order valence-electron chi connectivity index (χ2n) is 6.89. The number of rotatable bonds is 3. The van der Waals surface area contributed by atoms with Crippen LogP contribution in [0, 0.1) is 18.3 Å². The average molecular weight is 360 g/mol. The predicted molar refractivity (Wildman–Crippen MR) is 88.1 cm³/mol. The van der Waals surface area contributed by atoms with Crippen LogP contribution in [-0.4, -0.2) is 65.1 Å². The highest BCUT2D eigenvalue weighted by Crippen LogP contribution is 2.42. The number of hydrogen-bond donors (Lipinski definition) is 0. The first kappa shape index (κ1) is 16.8. The topological polar surface area (TPSA) is 99.7 Å². The molecule has 2 aromatic heterocycles. The van der Waals surface area contributed by atoms with Crippen molar-refractivity contribution in [3.8, 4) is 11.3 Å². The molecule has 0 unspecified atom stereocenters. The summed E-state index contributed by atoms with van der Waals surface area (Å²) in [6.07, 6.45) is 1.67. The fraction of sp³-hybridized carbons (Fsp3) is 0.529. The number of hydrogen-bond acceptors (Lipinski definition) is 7.